The van der Waals surface area contributed by atoms with Crippen LogP contribution in [0.15, 0.2) is 42.6 Å². The molecule has 1 amide bonds. The lowest BCUT2D eigenvalue weighted by Gasteiger charge is -2.20. The number of nitrogens with one attached hydrogen (secondary N) is 1. The van der Waals surface area contributed by atoms with Crippen molar-refractivity contribution in [3.63, 3.8) is 0 Å². The van der Waals surface area contributed by atoms with Crippen LogP contribution in [0.25, 0.3) is 0 Å². The van der Waals surface area contributed by atoms with Crippen molar-refractivity contribution in [3.8, 4) is 5.75 Å². The summed E-state index contributed by atoms with van der Waals surface area (Å²) in [6.45, 7) is 3.61. The largest absolute Gasteiger partial charge is 0.461 e. The van der Waals surface area contributed by atoms with Crippen LogP contribution in [0.1, 0.15) is 28.5 Å². The summed E-state index contributed by atoms with van der Waals surface area (Å²) in [5.41, 5.74) is 1.49. The Morgan fingerprint density at radius 2 is 1.92 bits per heavy atom. The minimum atomic E-state index is -4.69. The lowest BCUT2D eigenvalue weighted by molar-refractivity contribution is -0.253. The predicted octanol–water partition coefficient (Wildman–Crippen LogP) is 3.99. The van der Waals surface area contributed by atoms with Gasteiger partial charge in [0.05, 0.1) is 5.56 Å². The maximum Gasteiger partial charge on any atom is 0.461 e. The molecule has 0 aliphatic rings. The van der Waals surface area contributed by atoms with Crippen LogP contribution in [-0.2, 0) is 6.42 Å². The van der Waals surface area contributed by atoms with Gasteiger partial charge in [-0.25, -0.2) is 0 Å². The molecule has 0 fully saturated rings. The van der Waals surface area contributed by atoms with Gasteiger partial charge in [0.25, 0.3) is 5.91 Å². The van der Waals surface area contributed by atoms with Crippen molar-refractivity contribution in [2.75, 3.05) is 0 Å². The normalized spacial score (nSPS) is 12.7. The van der Waals surface area contributed by atoms with E-state index in [1.165, 1.54) is 18.2 Å². The molecule has 4 nitrogen and oxygen atoms in total. The van der Waals surface area contributed by atoms with E-state index < -0.39 is 24.2 Å². The number of aryl methyl sites for hydroxylation is 1. The molecule has 2 rings (SSSR count). The average Bonchev–Trinajstić information content (AvgIpc) is 2.57. The first-order chi connectivity index (χ1) is 12.2. The number of alkyl halides is 4. The number of hydrogen-bond donors (Lipinski definition) is 1. The lowest BCUT2D eigenvalue weighted by atomic mass is 10.1. The van der Waals surface area contributed by atoms with Crippen LogP contribution in [0.4, 0.5) is 17.6 Å². The SMILES string of the molecule is Cc1cccnc1CC(C)NC(=O)c1ccccc1OC(F)(F)C(F)F. The van der Waals surface area contributed by atoms with Gasteiger partial charge in [-0.2, -0.15) is 17.6 Å². The number of aromatic nitrogens is 1. The van der Waals surface area contributed by atoms with Gasteiger partial charge < -0.3 is 10.1 Å². The van der Waals surface area contributed by atoms with Crippen molar-refractivity contribution in [1.29, 1.82) is 0 Å². The van der Waals surface area contributed by atoms with Crippen molar-refractivity contribution in [2.24, 2.45) is 0 Å². The molecule has 0 spiro atoms. The molecule has 1 unspecified atom stereocenters. The Kier molecular flexibility index (Phi) is 6.18. The third-order valence-corrected chi connectivity index (χ3v) is 3.63. The first-order valence-electron chi connectivity index (χ1n) is 7.86. The van der Waals surface area contributed by atoms with E-state index >= 15 is 0 Å². The molecular formula is C18H18F4N2O2. The van der Waals surface area contributed by atoms with Crippen molar-refractivity contribution in [2.45, 2.75) is 38.8 Å². The van der Waals surface area contributed by atoms with Crippen LogP contribution in [0.3, 0.4) is 0 Å². The molecule has 0 bridgehead atoms. The predicted molar refractivity (Wildman–Crippen MR) is 87.6 cm³/mol. The Morgan fingerprint density at radius 1 is 1.23 bits per heavy atom. The maximum atomic E-state index is 13.2. The number of pyridine rings is 1. The molecule has 0 aliphatic heterocycles. The summed E-state index contributed by atoms with van der Waals surface area (Å²) in [7, 11) is 0. The minimum Gasteiger partial charge on any atom is -0.427 e. The summed E-state index contributed by atoms with van der Waals surface area (Å²) in [6, 6.07) is 8.32. The number of para-hydroxylation sites is 1. The van der Waals surface area contributed by atoms with E-state index in [2.05, 4.69) is 15.0 Å². The molecule has 8 heteroatoms. The fourth-order valence-electron chi connectivity index (χ4n) is 2.31. The third kappa shape index (κ3) is 4.93. The van der Waals surface area contributed by atoms with Gasteiger partial charge in [-0.3, -0.25) is 9.78 Å². The molecule has 0 saturated carbocycles. The average molecular weight is 370 g/mol. The Balaban J connectivity index is 2.11. The fraction of sp³-hybridized carbons (Fsp3) is 0.333. The van der Waals surface area contributed by atoms with Gasteiger partial charge >= 0.3 is 12.5 Å². The van der Waals surface area contributed by atoms with Gasteiger partial charge in [-0.15, -0.1) is 0 Å². The number of nitrogens with zero attached hydrogens (tertiary/aromatic N) is 1. The molecule has 2 aromatic rings. The molecular weight excluding hydrogens is 352 g/mol. The molecule has 0 aliphatic carbocycles. The van der Waals surface area contributed by atoms with Gasteiger partial charge in [0.2, 0.25) is 0 Å². The second-order valence-corrected chi connectivity index (χ2v) is 5.81. The smallest absolute Gasteiger partial charge is 0.427 e. The quantitative estimate of drug-likeness (QED) is 0.750. The number of carbonyl (C=O) groups excluding carboxylic acids is 1. The topological polar surface area (TPSA) is 51.2 Å². The van der Waals surface area contributed by atoms with Crippen LogP contribution in [-0.4, -0.2) is 29.5 Å². The number of halogens is 4. The summed E-state index contributed by atoms with van der Waals surface area (Å²) in [4.78, 5) is 16.6. The van der Waals surface area contributed by atoms with Crippen molar-refractivity contribution in [1.82, 2.24) is 10.3 Å². The van der Waals surface area contributed by atoms with Gasteiger partial charge in [0.15, 0.2) is 0 Å². The second kappa shape index (κ2) is 8.16. The van der Waals surface area contributed by atoms with Gasteiger partial charge in [0, 0.05) is 24.4 Å². The Hall–Kier alpha value is -2.64. The van der Waals surface area contributed by atoms with Crippen molar-refractivity contribution >= 4 is 5.91 Å². The third-order valence-electron chi connectivity index (χ3n) is 3.63. The van der Waals surface area contributed by atoms with Crippen molar-refractivity contribution < 1.29 is 27.1 Å². The molecule has 0 radical (unpaired) electrons. The van der Waals surface area contributed by atoms with E-state index in [-0.39, 0.29) is 11.6 Å². The molecule has 140 valence electrons. The first kappa shape index (κ1) is 19.7. The van der Waals surface area contributed by atoms with Crippen LogP contribution < -0.4 is 10.1 Å². The molecule has 1 atom stereocenters. The summed E-state index contributed by atoms with van der Waals surface area (Å²) in [6.07, 6.45) is -6.64. The molecule has 26 heavy (non-hydrogen) atoms. The zero-order valence-corrected chi connectivity index (χ0v) is 14.2. The van der Waals surface area contributed by atoms with E-state index in [0.29, 0.717) is 6.42 Å². The fourth-order valence-corrected chi connectivity index (χ4v) is 2.31. The molecule has 0 saturated heterocycles. The Morgan fingerprint density at radius 3 is 2.58 bits per heavy atom. The van der Waals surface area contributed by atoms with E-state index in [4.69, 9.17) is 0 Å². The second-order valence-electron chi connectivity index (χ2n) is 5.81. The van der Waals surface area contributed by atoms with Gasteiger partial charge in [0.1, 0.15) is 5.75 Å². The summed E-state index contributed by atoms with van der Waals surface area (Å²) < 4.78 is 55.1. The number of benzene rings is 1. The van der Waals surface area contributed by atoms with E-state index in [0.717, 1.165) is 17.3 Å². The first-order valence-corrected chi connectivity index (χ1v) is 7.86. The van der Waals surface area contributed by atoms with E-state index in [1.54, 1.807) is 19.2 Å². The molecule has 1 aromatic heterocycles. The maximum absolute atomic E-state index is 13.2. The Bertz CT molecular complexity index is 768. The zero-order chi connectivity index (χ0) is 19.3. The highest BCUT2D eigenvalue weighted by Crippen LogP contribution is 2.29. The monoisotopic (exact) mass is 370 g/mol. The van der Waals surface area contributed by atoms with Gasteiger partial charge in [-0.05, 0) is 37.6 Å². The molecule has 1 N–H and O–H groups in total. The minimum absolute atomic E-state index is 0.252. The highest BCUT2D eigenvalue weighted by atomic mass is 19.3. The van der Waals surface area contributed by atoms with Crippen LogP contribution in [0.5, 0.6) is 5.75 Å². The number of hydrogen-bond acceptors (Lipinski definition) is 3. The number of ether oxygens (including phenoxy) is 1. The van der Waals surface area contributed by atoms with Crippen LogP contribution in [0, 0.1) is 6.92 Å². The standard InChI is InChI=1S/C18H18F4N2O2/c1-11-6-5-9-23-14(11)10-12(2)24-16(25)13-7-3-4-8-15(13)26-18(21,22)17(19)20/h3-9,12,17H,10H2,1-2H3,(H,24,25). The van der Waals surface area contributed by atoms with Gasteiger partial charge in [-0.1, -0.05) is 18.2 Å². The van der Waals surface area contributed by atoms with Crippen molar-refractivity contribution in [3.05, 3.63) is 59.4 Å². The highest BCUT2D eigenvalue weighted by molar-refractivity contribution is 5.97. The van der Waals surface area contributed by atoms with Crippen LogP contribution >= 0.6 is 0 Å². The highest BCUT2D eigenvalue weighted by Gasteiger charge is 2.44. The summed E-state index contributed by atoms with van der Waals surface area (Å²) in [5.74, 6) is -1.32. The molecule has 1 heterocycles. The number of amides is 1. The summed E-state index contributed by atoms with van der Waals surface area (Å²) in [5, 5.41) is 2.64. The van der Waals surface area contributed by atoms with E-state index in [9.17, 15) is 22.4 Å². The lowest BCUT2D eigenvalue weighted by Crippen LogP contribution is -2.37. The molecule has 1 aromatic carbocycles. The summed E-state index contributed by atoms with van der Waals surface area (Å²) >= 11 is 0. The number of rotatable bonds is 7. The Labute approximate surface area is 148 Å². The van der Waals surface area contributed by atoms with Crippen LogP contribution in [0.2, 0.25) is 0 Å². The zero-order valence-electron chi connectivity index (χ0n) is 14.2. The van der Waals surface area contributed by atoms with E-state index in [1.807, 2.05) is 13.0 Å². The number of carbonyl (C=O) groups is 1.